The van der Waals surface area contributed by atoms with Crippen LogP contribution in [0.4, 0.5) is 5.82 Å². The number of nitrogen functional groups attached to an aromatic ring is 1. The Labute approximate surface area is 158 Å². The number of hydrogen-bond acceptors (Lipinski definition) is 5. The molecule has 0 spiro atoms. The van der Waals surface area contributed by atoms with E-state index in [-0.39, 0.29) is 5.91 Å². The van der Waals surface area contributed by atoms with Gasteiger partial charge in [0.15, 0.2) is 5.82 Å². The number of benzene rings is 1. The largest absolute Gasteiger partial charge is 0.384 e. The van der Waals surface area contributed by atoms with Crippen LogP contribution in [0.3, 0.4) is 0 Å². The highest BCUT2D eigenvalue weighted by atomic mass is 16.2. The molecule has 2 aromatic heterocycles. The first kappa shape index (κ1) is 18.6. The fourth-order valence-corrected chi connectivity index (χ4v) is 2.89. The molecule has 27 heavy (non-hydrogen) atoms. The van der Waals surface area contributed by atoms with Gasteiger partial charge in [0.2, 0.25) is 0 Å². The fraction of sp³-hybridized carbons (Fsp3) is 0.300. The molecule has 0 saturated heterocycles. The SMILES string of the molecule is CC(C)CN(Cc1cnn(C)c1)C(=O)c1ccc(-c2nccc(N)n2)cc1. The molecule has 0 aliphatic heterocycles. The van der Waals surface area contributed by atoms with Gasteiger partial charge in [0.05, 0.1) is 6.20 Å². The first-order valence-electron chi connectivity index (χ1n) is 8.88. The Kier molecular flexibility index (Phi) is 5.49. The van der Waals surface area contributed by atoms with Gasteiger partial charge in [-0.1, -0.05) is 26.0 Å². The van der Waals surface area contributed by atoms with E-state index in [9.17, 15) is 4.79 Å². The van der Waals surface area contributed by atoms with Crippen LogP contribution in [0, 0.1) is 5.92 Å². The molecule has 7 heteroatoms. The second-order valence-corrected chi connectivity index (χ2v) is 6.98. The minimum absolute atomic E-state index is 0.00685. The Morgan fingerprint density at radius 1 is 1.22 bits per heavy atom. The van der Waals surface area contributed by atoms with Crippen molar-refractivity contribution in [1.29, 1.82) is 0 Å². The van der Waals surface area contributed by atoms with Crippen LogP contribution in [0.25, 0.3) is 11.4 Å². The maximum atomic E-state index is 13.0. The van der Waals surface area contributed by atoms with Gasteiger partial charge in [0, 0.05) is 49.2 Å². The van der Waals surface area contributed by atoms with Crippen molar-refractivity contribution in [2.45, 2.75) is 20.4 Å². The zero-order chi connectivity index (χ0) is 19.4. The average Bonchev–Trinajstić information content (AvgIpc) is 3.05. The molecule has 140 valence electrons. The van der Waals surface area contributed by atoms with Gasteiger partial charge in [-0.05, 0) is 24.1 Å². The van der Waals surface area contributed by atoms with E-state index in [1.54, 1.807) is 35.3 Å². The number of aromatic nitrogens is 4. The highest BCUT2D eigenvalue weighted by Gasteiger charge is 2.18. The van der Waals surface area contributed by atoms with Crippen molar-refractivity contribution in [1.82, 2.24) is 24.6 Å². The Balaban J connectivity index is 1.80. The summed E-state index contributed by atoms with van der Waals surface area (Å²) in [4.78, 5) is 23.3. The van der Waals surface area contributed by atoms with Crippen LogP contribution in [-0.4, -0.2) is 37.1 Å². The second-order valence-electron chi connectivity index (χ2n) is 6.98. The zero-order valence-electron chi connectivity index (χ0n) is 15.8. The van der Waals surface area contributed by atoms with Gasteiger partial charge in [0.25, 0.3) is 5.91 Å². The third kappa shape index (κ3) is 4.69. The molecule has 3 aromatic rings. The molecule has 1 aromatic carbocycles. The number of nitrogens with zero attached hydrogens (tertiary/aromatic N) is 5. The number of hydrogen-bond donors (Lipinski definition) is 1. The number of amides is 1. The summed E-state index contributed by atoms with van der Waals surface area (Å²) in [6, 6.07) is 8.95. The maximum Gasteiger partial charge on any atom is 0.254 e. The van der Waals surface area contributed by atoms with Crippen LogP contribution < -0.4 is 5.73 Å². The molecule has 0 aliphatic rings. The van der Waals surface area contributed by atoms with E-state index in [2.05, 4.69) is 28.9 Å². The topological polar surface area (TPSA) is 89.9 Å². The number of carbonyl (C=O) groups excluding carboxylic acids is 1. The summed E-state index contributed by atoms with van der Waals surface area (Å²) in [7, 11) is 1.87. The molecule has 0 radical (unpaired) electrons. The molecule has 2 N–H and O–H groups in total. The van der Waals surface area contributed by atoms with E-state index in [0.29, 0.717) is 36.2 Å². The summed E-state index contributed by atoms with van der Waals surface area (Å²) in [6.07, 6.45) is 5.34. The highest BCUT2D eigenvalue weighted by Crippen LogP contribution is 2.18. The number of aryl methyl sites for hydroxylation is 1. The summed E-state index contributed by atoms with van der Waals surface area (Å²) < 4.78 is 1.74. The van der Waals surface area contributed by atoms with E-state index in [1.165, 1.54) is 0 Å². The molecule has 2 heterocycles. The monoisotopic (exact) mass is 364 g/mol. The van der Waals surface area contributed by atoms with Gasteiger partial charge >= 0.3 is 0 Å². The molecule has 0 fully saturated rings. The minimum Gasteiger partial charge on any atom is -0.384 e. The smallest absolute Gasteiger partial charge is 0.254 e. The molecule has 0 aliphatic carbocycles. The Bertz CT molecular complexity index is 916. The van der Waals surface area contributed by atoms with Crippen molar-refractivity contribution < 1.29 is 4.79 Å². The number of nitrogens with two attached hydrogens (primary N) is 1. The van der Waals surface area contributed by atoms with Crippen LogP contribution in [0.2, 0.25) is 0 Å². The average molecular weight is 364 g/mol. The normalized spacial score (nSPS) is 11.0. The Morgan fingerprint density at radius 2 is 1.96 bits per heavy atom. The van der Waals surface area contributed by atoms with Gasteiger partial charge < -0.3 is 10.6 Å². The molecule has 0 saturated carbocycles. The first-order valence-corrected chi connectivity index (χ1v) is 8.88. The van der Waals surface area contributed by atoms with Crippen LogP contribution in [0.15, 0.2) is 48.9 Å². The number of anilines is 1. The lowest BCUT2D eigenvalue weighted by molar-refractivity contribution is 0.0722. The second kappa shape index (κ2) is 7.99. The zero-order valence-corrected chi connectivity index (χ0v) is 15.8. The van der Waals surface area contributed by atoms with E-state index in [1.807, 2.05) is 30.3 Å². The summed E-state index contributed by atoms with van der Waals surface area (Å²) in [5.41, 5.74) is 8.18. The molecule has 3 rings (SSSR count). The van der Waals surface area contributed by atoms with Crippen LogP contribution >= 0.6 is 0 Å². The van der Waals surface area contributed by atoms with Gasteiger partial charge in [-0.2, -0.15) is 5.10 Å². The summed E-state index contributed by atoms with van der Waals surface area (Å²) >= 11 is 0. The van der Waals surface area contributed by atoms with Gasteiger partial charge in [-0.15, -0.1) is 0 Å². The Morgan fingerprint density at radius 3 is 2.56 bits per heavy atom. The van der Waals surface area contributed by atoms with E-state index < -0.39 is 0 Å². The first-order chi connectivity index (χ1) is 12.9. The van der Waals surface area contributed by atoms with Gasteiger partial charge in [-0.25, -0.2) is 9.97 Å². The summed E-state index contributed by atoms with van der Waals surface area (Å²) in [5.74, 6) is 1.32. The molecular formula is C20H24N6O. The lowest BCUT2D eigenvalue weighted by Gasteiger charge is -2.24. The van der Waals surface area contributed by atoms with E-state index >= 15 is 0 Å². The Hall–Kier alpha value is -3.22. The van der Waals surface area contributed by atoms with Crippen LogP contribution in [-0.2, 0) is 13.6 Å². The lowest BCUT2D eigenvalue weighted by Crippen LogP contribution is -2.33. The van der Waals surface area contributed by atoms with Crippen LogP contribution in [0.1, 0.15) is 29.8 Å². The van der Waals surface area contributed by atoms with Gasteiger partial charge in [-0.3, -0.25) is 9.48 Å². The third-order valence-corrected chi connectivity index (χ3v) is 4.07. The van der Waals surface area contributed by atoms with E-state index in [0.717, 1.165) is 11.1 Å². The van der Waals surface area contributed by atoms with E-state index in [4.69, 9.17) is 5.73 Å². The predicted molar refractivity (Wildman–Crippen MR) is 105 cm³/mol. The molecule has 0 atom stereocenters. The minimum atomic E-state index is -0.00685. The molecular weight excluding hydrogens is 340 g/mol. The molecule has 0 unspecified atom stereocenters. The number of rotatable bonds is 6. The van der Waals surface area contributed by atoms with Crippen molar-refractivity contribution in [2.24, 2.45) is 13.0 Å². The fourth-order valence-electron chi connectivity index (χ4n) is 2.89. The van der Waals surface area contributed by atoms with Crippen molar-refractivity contribution in [3.63, 3.8) is 0 Å². The molecule has 0 bridgehead atoms. The summed E-state index contributed by atoms with van der Waals surface area (Å²) in [6.45, 7) is 5.41. The van der Waals surface area contributed by atoms with Gasteiger partial charge in [0.1, 0.15) is 5.82 Å². The van der Waals surface area contributed by atoms with Crippen LogP contribution in [0.5, 0.6) is 0 Å². The molecule has 1 amide bonds. The molecule has 7 nitrogen and oxygen atoms in total. The standard InChI is InChI=1S/C20H24N6O/c1-14(2)11-26(13-15-10-23-25(3)12-15)20(27)17-6-4-16(5-7-17)19-22-9-8-18(21)24-19/h4-10,12,14H,11,13H2,1-3H3,(H2,21,22,24). The van der Waals surface area contributed by atoms with Crippen molar-refractivity contribution in [3.05, 3.63) is 60.0 Å². The summed E-state index contributed by atoms with van der Waals surface area (Å²) in [5, 5.41) is 4.19. The predicted octanol–water partition coefficient (Wildman–Crippen LogP) is 2.76. The lowest BCUT2D eigenvalue weighted by atomic mass is 10.1. The quantitative estimate of drug-likeness (QED) is 0.726. The third-order valence-electron chi connectivity index (χ3n) is 4.07. The van der Waals surface area contributed by atoms with Crippen molar-refractivity contribution >= 4 is 11.7 Å². The highest BCUT2D eigenvalue weighted by molar-refractivity contribution is 5.94. The maximum absolute atomic E-state index is 13.0. The van der Waals surface area contributed by atoms with Crippen molar-refractivity contribution in [2.75, 3.05) is 12.3 Å². The van der Waals surface area contributed by atoms with Crippen molar-refractivity contribution in [3.8, 4) is 11.4 Å². The number of carbonyl (C=O) groups is 1.